The summed E-state index contributed by atoms with van der Waals surface area (Å²) in [5.41, 5.74) is 0. The first-order valence-corrected chi connectivity index (χ1v) is 5.16. The Morgan fingerprint density at radius 1 is 1.39 bits per heavy atom. The molecule has 2 atom stereocenters. The van der Waals surface area contributed by atoms with Crippen LogP contribution in [0, 0.1) is 0 Å². The Hall–Kier alpha value is -2.38. The maximum atomic E-state index is 11.7. The molecule has 0 spiro atoms. The van der Waals surface area contributed by atoms with Crippen LogP contribution in [0.1, 0.15) is 19.4 Å². The van der Waals surface area contributed by atoms with Gasteiger partial charge in [0, 0.05) is 12.4 Å². The minimum Gasteiger partial charge on any atom is -0.481 e. The van der Waals surface area contributed by atoms with Crippen LogP contribution in [-0.4, -0.2) is 43.9 Å². The summed E-state index contributed by atoms with van der Waals surface area (Å²) >= 11 is 0. The van der Waals surface area contributed by atoms with Crippen LogP contribution in [0.2, 0.25) is 0 Å². The molecule has 0 fully saturated rings. The summed E-state index contributed by atoms with van der Waals surface area (Å²) in [6.07, 6.45) is 2.36. The summed E-state index contributed by atoms with van der Waals surface area (Å²) in [4.78, 5) is 33.0. The molecular formula is C10H13N3O5. The minimum atomic E-state index is -1.45. The average molecular weight is 255 g/mol. The number of nitrogens with zero attached hydrogens (tertiary/aromatic N) is 2. The van der Waals surface area contributed by atoms with E-state index in [0.717, 1.165) is 0 Å². The quantitative estimate of drug-likeness (QED) is 0.629. The molecule has 0 aliphatic rings. The highest BCUT2D eigenvalue weighted by Crippen LogP contribution is 2.04. The van der Waals surface area contributed by atoms with Crippen molar-refractivity contribution in [3.8, 4) is 0 Å². The van der Waals surface area contributed by atoms with E-state index in [0.29, 0.717) is 0 Å². The van der Waals surface area contributed by atoms with Crippen LogP contribution in [-0.2, 0) is 14.4 Å². The lowest BCUT2D eigenvalue weighted by atomic mass is 10.2. The predicted octanol–water partition coefficient (Wildman–Crippen LogP) is -0.512. The van der Waals surface area contributed by atoms with E-state index in [1.165, 1.54) is 17.8 Å². The summed E-state index contributed by atoms with van der Waals surface area (Å²) < 4.78 is 1.34. The molecule has 1 heterocycles. The predicted molar refractivity (Wildman–Crippen MR) is 58.8 cm³/mol. The molecular weight excluding hydrogens is 242 g/mol. The largest absolute Gasteiger partial charge is 0.481 e. The van der Waals surface area contributed by atoms with Crippen molar-refractivity contribution in [1.29, 1.82) is 0 Å². The summed E-state index contributed by atoms with van der Waals surface area (Å²) in [7, 11) is 0. The van der Waals surface area contributed by atoms with Gasteiger partial charge in [0.2, 0.25) is 5.91 Å². The van der Waals surface area contributed by atoms with Crippen LogP contribution >= 0.6 is 0 Å². The van der Waals surface area contributed by atoms with E-state index < -0.39 is 36.4 Å². The lowest BCUT2D eigenvalue weighted by Gasteiger charge is -2.16. The van der Waals surface area contributed by atoms with Crippen LogP contribution in [0.5, 0.6) is 0 Å². The normalized spacial score (nSPS) is 13.6. The smallest absolute Gasteiger partial charge is 0.326 e. The number of hydrogen-bond acceptors (Lipinski definition) is 4. The van der Waals surface area contributed by atoms with Crippen molar-refractivity contribution in [3.05, 3.63) is 18.5 Å². The highest BCUT2D eigenvalue weighted by atomic mass is 16.4. The van der Waals surface area contributed by atoms with E-state index in [1.807, 2.05) is 0 Å². The Morgan fingerprint density at radius 2 is 2.06 bits per heavy atom. The molecule has 18 heavy (non-hydrogen) atoms. The van der Waals surface area contributed by atoms with E-state index in [2.05, 4.69) is 10.4 Å². The second-order valence-electron chi connectivity index (χ2n) is 3.66. The van der Waals surface area contributed by atoms with Crippen molar-refractivity contribution < 1.29 is 24.6 Å². The number of amides is 1. The third-order valence-corrected chi connectivity index (χ3v) is 2.29. The van der Waals surface area contributed by atoms with Crippen molar-refractivity contribution in [2.75, 3.05) is 0 Å². The van der Waals surface area contributed by atoms with Crippen molar-refractivity contribution in [3.63, 3.8) is 0 Å². The molecule has 0 aliphatic heterocycles. The summed E-state index contributed by atoms with van der Waals surface area (Å²) in [5.74, 6) is -3.29. The van der Waals surface area contributed by atoms with Crippen LogP contribution in [0.4, 0.5) is 0 Å². The number of carbonyl (C=O) groups is 3. The van der Waals surface area contributed by atoms with Crippen molar-refractivity contribution in [2.45, 2.75) is 25.4 Å². The number of carboxylic acids is 2. The van der Waals surface area contributed by atoms with E-state index in [9.17, 15) is 14.4 Å². The molecule has 0 aliphatic carbocycles. The van der Waals surface area contributed by atoms with Crippen molar-refractivity contribution >= 4 is 17.8 Å². The fourth-order valence-corrected chi connectivity index (χ4v) is 1.30. The molecule has 1 aromatic rings. The lowest BCUT2D eigenvalue weighted by Crippen LogP contribution is -2.44. The maximum Gasteiger partial charge on any atom is 0.326 e. The van der Waals surface area contributed by atoms with E-state index in [-0.39, 0.29) is 0 Å². The second-order valence-corrected chi connectivity index (χ2v) is 3.66. The monoisotopic (exact) mass is 255 g/mol. The SMILES string of the molecule is CC(C(=O)N[C@H](CC(=O)O)C(=O)O)n1cccn1. The molecule has 1 aromatic heterocycles. The zero-order chi connectivity index (χ0) is 13.7. The van der Waals surface area contributed by atoms with Gasteiger partial charge in [-0.1, -0.05) is 0 Å². The van der Waals surface area contributed by atoms with E-state index in [4.69, 9.17) is 10.2 Å². The first kappa shape index (κ1) is 13.7. The molecule has 8 nitrogen and oxygen atoms in total. The molecule has 1 rings (SSSR count). The Balaban J connectivity index is 2.66. The van der Waals surface area contributed by atoms with Gasteiger partial charge >= 0.3 is 11.9 Å². The Bertz CT molecular complexity index is 442. The molecule has 98 valence electrons. The average Bonchev–Trinajstić information content (AvgIpc) is 2.79. The van der Waals surface area contributed by atoms with Gasteiger partial charge in [0.25, 0.3) is 0 Å². The second kappa shape index (κ2) is 5.80. The highest BCUT2D eigenvalue weighted by molar-refractivity contribution is 5.88. The molecule has 0 aromatic carbocycles. The van der Waals surface area contributed by atoms with E-state index >= 15 is 0 Å². The third kappa shape index (κ3) is 3.58. The van der Waals surface area contributed by atoms with Gasteiger partial charge in [0.1, 0.15) is 12.1 Å². The summed E-state index contributed by atoms with van der Waals surface area (Å²) in [6.45, 7) is 1.53. The Kier molecular flexibility index (Phi) is 4.41. The zero-order valence-corrected chi connectivity index (χ0v) is 9.61. The molecule has 1 unspecified atom stereocenters. The van der Waals surface area contributed by atoms with Crippen LogP contribution in [0.15, 0.2) is 18.5 Å². The van der Waals surface area contributed by atoms with Gasteiger partial charge in [0.15, 0.2) is 0 Å². The number of nitrogens with one attached hydrogen (secondary N) is 1. The highest BCUT2D eigenvalue weighted by Gasteiger charge is 2.25. The molecule has 8 heteroatoms. The van der Waals surface area contributed by atoms with Gasteiger partial charge in [-0.25, -0.2) is 4.79 Å². The molecule has 0 saturated carbocycles. The zero-order valence-electron chi connectivity index (χ0n) is 9.61. The lowest BCUT2D eigenvalue weighted by molar-refractivity contribution is -0.147. The van der Waals surface area contributed by atoms with Crippen molar-refractivity contribution in [1.82, 2.24) is 15.1 Å². The first-order valence-electron chi connectivity index (χ1n) is 5.16. The first-order chi connectivity index (χ1) is 8.41. The van der Waals surface area contributed by atoms with Gasteiger partial charge in [-0.15, -0.1) is 0 Å². The number of carboxylic acid groups (broad SMARTS) is 2. The number of hydrogen-bond donors (Lipinski definition) is 3. The fraction of sp³-hybridized carbons (Fsp3) is 0.400. The van der Waals surface area contributed by atoms with Crippen molar-refractivity contribution in [2.24, 2.45) is 0 Å². The standard InChI is InChI=1S/C10H13N3O5/c1-6(13-4-2-3-11-13)9(16)12-7(10(17)18)5-8(14)15/h2-4,6-7H,5H2,1H3,(H,12,16)(H,14,15)(H,17,18)/t6?,7-/m1/s1. The van der Waals surface area contributed by atoms with Crippen LogP contribution < -0.4 is 5.32 Å². The van der Waals surface area contributed by atoms with Crippen LogP contribution in [0.25, 0.3) is 0 Å². The topological polar surface area (TPSA) is 122 Å². The fourth-order valence-electron chi connectivity index (χ4n) is 1.30. The number of rotatable bonds is 6. The summed E-state index contributed by atoms with van der Waals surface area (Å²) in [5, 5.41) is 23.3. The molecule has 3 N–H and O–H groups in total. The van der Waals surface area contributed by atoms with Crippen LogP contribution in [0.3, 0.4) is 0 Å². The van der Waals surface area contributed by atoms with Gasteiger partial charge in [-0.3, -0.25) is 14.3 Å². The Labute approximate surface area is 102 Å². The van der Waals surface area contributed by atoms with Gasteiger partial charge < -0.3 is 15.5 Å². The molecule has 0 radical (unpaired) electrons. The Morgan fingerprint density at radius 3 is 2.50 bits per heavy atom. The number of aliphatic carboxylic acids is 2. The van der Waals surface area contributed by atoms with E-state index in [1.54, 1.807) is 12.3 Å². The van der Waals surface area contributed by atoms with Gasteiger partial charge in [0.05, 0.1) is 6.42 Å². The molecule has 0 bridgehead atoms. The van der Waals surface area contributed by atoms with Gasteiger partial charge in [-0.2, -0.15) is 5.10 Å². The molecule has 1 amide bonds. The summed E-state index contributed by atoms with van der Waals surface area (Å²) in [6, 6.07) is -0.543. The van der Waals surface area contributed by atoms with Gasteiger partial charge in [-0.05, 0) is 13.0 Å². The molecule has 0 saturated heterocycles. The number of carbonyl (C=O) groups excluding carboxylic acids is 1. The number of aromatic nitrogens is 2. The minimum absolute atomic E-state index is 0.604. The maximum absolute atomic E-state index is 11.7. The third-order valence-electron chi connectivity index (χ3n) is 2.29.